The number of esters is 1. The van der Waals surface area contributed by atoms with E-state index in [4.69, 9.17) is 9.47 Å². The van der Waals surface area contributed by atoms with Crippen molar-refractivity contribution in [3.63, 3.8) is 0 Å². The summed E-state index contributed by atoms with van der Waals surface area (Å²) in [4.78, 5) is 25.6. The van der Waals surface area contributed by atoms with E-state index in [1.54, 1.807) is 37.6 Å². The average molecular weight is 525 g/mol. The molecule has 1 amide bonds. The molecule has 0 atom stereocenters. The van der Waals surface area contributed by atoms with Crippen LogP contribution in [0, 0.1) is 18.3 Å². The van der Waals surface area contributed by atoms with Gasteiger partial charge in [0.25, 0.3) is 5.91 Å². The predicted molar refractivity (Wildman–Crippen MR) is 133 cm³/mol. The molecule has 6 nitrogen and oxygen atoms in total. The van der Waals surface area contributed by atoms with Gasteiger partial charge in [0.15, 0.2) is 0 Å². The zero-order chi connectivity index (χ0) is 24.0. The first-order valence-corrected chi connectivity index (χ1v) is 11.7. The van der Waals surface area contributed by atoms with Gasteiger partial charge in [0.1, 0.15) is 28.0 Å². The lowest BCUT2D eigenvalue weighted by atomic mass is 10.0. The third-order valence-corrected chi connectivity index (χ3v) is 6.23. The number of carbonyl (C=O) groups is 2. The summed E-state index contributed by atoms with van der Waals surface area (Å²) in [7, 11) is 1.55. The largest absolute Gasteiger partial charge is 0.496 e. The van der Waals surface area contributed by atoms with Gasteiger partial charge in [-0.3, -0.25) is 4.79 Å². The van der Waals surface area contributed by atoms with Crippen molar-refractivity contribution in [2.45, 2.75) is 13.8 Å². The summed E-state index contributed by atoms with van der Waals surface area (Å²) in [5.74, 6) is -0.519. The van der Waals surface area contributed by atoms with E-state index in [0.717, 1.165) is 11.1 Å². The number of amides is 1. The number of halogens is 1. The number of hydrogen-bond donors (Lipinski definition) is 1. The molecule has 0 radical (unpaired) electrons. The number of ether oxygens (including phenoxy) is 2. The Balaban J connectivity index is 1.95. The van der Waals surface area contributed by atoms with E-state index < -0.39 is 11.9 Å². The Morgan fingerprint density at radius 3 is 2.55 bits per heavy atom. The minimum absolute atomic E-state index is 0.104. The molecule has 168 valence electrons. The smallest absolute Gasteiger partial charge is 0.341 e. The standard InChI is InChI=1S/C25H21BrN2O4S/c1-4-32-25(30)22-19(17-8-5-15(2)6-9-17)14-33-24(22)28-23(29)18(13-27)11-16-7-10-21(31-3)20(26)12-16/h5-12,14H,4H2,1-3H3,(H,28,29). The number of aryl methyl sites for hydroxylation is 1. The van der Waals surface area contributed by atoms with Crippen LogP contribution in [0.3, 0.4) is 0 Å². The van der Waals surface area contributed by atoms with Gasteiger partial charge < -0.3 is 14.8 Å². The van der Waals surface area contributed by atoms with Crippen LogP contribution in [0.1, 0.15) is 28.4 Å². The highest BCUT2D eigenvalue weighted by molar-refractivity contribution is 9.10. The van der Waals surface area contributed by atoms with Gasteiger partial charge in [0.2, 0.25) is 0 Å². The molecule has 3 aromatic rings. The molecule has 0 saturated heterocycles. The number of methoxy groups -OCH3 is 1. The van der Waals surface area contributed by atoms with Gasteiger partial charge in [-0.25, -0.2) is 4.79 Å². The predicted octanol–water partition coefficient (Wildman–Crippen LogP) is 6.22. The van der Waals surface area contributed by atoms with Crippen LogP contribution in [0.2, 0.25) is 0 Å². The van der Waals surface area contributed by atoms with Gasteiger partial charge in [-0.1, -0.05) is 35.9 Å². The second kappa shape index (κ2) is 10.9. The molecule has 0 unspecified atom stereocenters. The molecule has 3 rings (SSSR count). The summed E-state index contributed by atoms with van der Waals surface area (Å²) in [5.41, 5.74) is 3.39. The van der Waals surface area contributed by atoms with E-state index in [2.05, 4.69) is 21.2 Å². The third-order valence-electron chi connectivity index (χ3n) is 4.71. The topological polar surface area (TPSA) is 88.4 Å². The minimum Gasteiger partial charge on any atom is -0.496 e. The number of anilines is 1. The van der Waals surface area contributed by atoms with Crippen molar-refractivity contribution in [3.8, 4) is 22.9 Å². The zero-order valence-corrected chi connectivity index (χ0v) is 20.7. The number of hydrogen-bond acceptors (Lipinski definition) is 6. The molecule has 8 heteroatoms. The summed E-state index contributed by atoms with van der Waals surface area (Å²) < 4.78 is 11.1. The molecule has 0 spiro atoms. The van der Waals surface area contributed by atoms with Crippen LogP contribution < -0.4 is 10.1 Å². The van der Waals surface area contributed by atoms with E-state index in [-0.39, 0.29) is 17.7 Å². The lowest BCUT2D eigenvalue weighted by Crippen LogP contribution is -2.16. The van der Waals surface area contributed by atoms with Crippen LogP contribution >= 0.6 is 27.3 Å². The molecule has 0 aliphatic rings. The van der Waals surface area contributed by atoms with Gasteiger partial charge in [0, 0.05) is 10.9 Å². The Bertz CT molecular complexity index is 1260. The first-order valence-electron chi connectivity index (χ1n) is 10.00. The van der Waals surface area contributed by atoms with Gasteiger partial charge in [-0.15, -0.1) is 11.3 Å². The molecule has 1 aromatic heterocycles. The Kier molecular flexibility index (Phi) is 8.04. The molecule has 1 N–H and O–H groups in total. The van der Waals surface area contributed by atoms with Crippen LogP contribution in [0.4, 0.5) is 5.00 Å². The van der Waals surface area contributed by atoms with Crippen LogP contribution in [-0.2, 0) is 9.53 Å². The van der Waals surface area contributed by atoms with Gasteiger partial charge in [-0.05, 0) is 59.1 Å². The monoisotopic (exact) mass is 524 g/mol. The van der Waals surface area contributed by atoms with Crippen molar-refractivity contribution in [1.29, 1.82) is 5.26 Å². The van der Waals surface area contributed by atoms with E-state index in [9.17, 15) is 14.9 Å². The summed E-state index contributed by atoms with van der Waals surface area (Å²) in [5, 5.41) is 14.4. The number of nitrogens with one attached hydrogen (secondary N) is 1. The summed E-state index contributed by atoms with van der Waals surface area (Å²) in [6.07, 6.45) is 1.47. The number of benzene rings is 2. The second-order valence-electron chi connectivity index (χ2n) is 6.96. The van der Waals surface area contributed by atoms with Gasteiger partial charge in [0.05, 0.1) is 18.2 Å². The molecule has 1 heterocycles. The maximum atomic E-state index is 12.9. The normalized spacial score (nSPS) is 10.9. The lowest BCUT2D eigenvalue weighted by molar-refractivity contribution is -0.112. The van der Waals surface area contributed by atoms with Crippen LogP contribution in [0.25, 0.3) is 17.2 Å². The van der Waals surface area contributed by atoms with E-state index in [1.807, 2.05) is 37.3 Å². The summed E-state index contributed by atoms with van der Waals surface area (Å²) in [6.45, 7) is 3.90. The van der Waals surface area contributed by atoms with Gasteiger partial charge in [-0.2, -0.15) is 5.26 Å². The molecular formula is C25H21BrN2O4S. The SMILES string of the molecule is CCOC(=O)c1c(-c2ccc(C)cc2)csc1NC(=O)C(C#N)=Cc1ccc(OC)c(Br)c1. The molecule has 0 saturated carbocycles. The van der Waals surface area contributed by atoms with E-state index >= 15 is 0 Å². The highest BCUT2D eigenvalue weighted by Gasteiger charge is 2.23. The fraction of sp³-hybridized carbons (Fsp3) is 0.160. The fourth-order valence-corrected chi connectivity index (χ4v) is 4.57. The Morgan fingerprint density at radius 2 is 1.94 bits per heavy atom. The van der Waals surface area contributed by atoms with Crippen molar-refractivity contribution in [3.05, 3.63) is 74.6 Å². The molecule has 0 bridgehead atoms. The molecule has 33 heavy (non-hydrogen) atoms. The van der Waals surface area contributed by atoms with Crippen LogP contribution in [0.5, 0.6) is 5.75 Å². The number of nitriles is 1. The molecule has 0 fully saturated rings. The fourth-order valence-electron chi connectivity index (χ4n) is 3.06. The molecule has 2 aromatic carbocycles. The minimum atomic E-state index is -0.618. The maximum absolute atomic E-state index is 12.9. The van der Waals surface area contributed by atoms with Crippen molar-refractivity contribution in [1.82, 2.24) is 0 Å². The molecular weight excluding hydrogens is 504 g/mol. The number of thiophene rings is 1. The van der Waals surface area contributed by atoms with Crippen LogP contribution in [0.15, 0.2) is 57.9 Å². The number of nitrogens with zero attached hydrogens (tertiary/aromatic N) is 1. The first-order chi connectivity index (χ1) is 15.9. The van der Waals surface area contributed by atoms with E-state index in [0.29, 0.717) is 26.4 Å². The van der Waals surface area contributed by atoms with Crippen molar-refractivity contribution < 1.29 is 19.1 Å². The Hall–Kier alpha value is -3.41. The van der Waals surface area contributed by atoms with Crippen LogP contribution in [-0.4, -0.2) is 25.6 Å². The summed E-state index contributed by atoms with van der Waals surface area (Å²) >= 11 is 4.60. The van der Waals surface area contributed by atoms with Crippen molar-refractivity contribution in [2.24, 2.45) is 0 Å². The van der Waals surface area contributed by atoms with Crippen molar-refractivity contribution in [2.75, 3.05) is 19.0 Å². The number of carbonyl (C=O) groups excluding carboxylic acids is 2. The Labute approximate surface area is 204 Å². The van der Waals surface area contributed by atoms with Gasteiger partial charge >= 0.3 is 5.97 Å². The van der Waals surface area contributed by atoms with E-state index in [1.165, 1.54) is 17.4 Å². The lowest BCUT2D eigenvalue weighted by Gasteiger charge is -2.09. The number of rotatable bonds is 7. The molecule has 0 aliphatic heterocycles. The highest BCUT2D eigenvalue weighted by atomic mass is 79.9. The first kappa shape index (κ1) is 24.2. The van der Waals surface area contributed by atoms with Crippen molar-refractivity contribution >= 4 is 50.2 Å². The second-order valence-corrected chi connectivity index (χ2v) is 8.69. The molecule has 0 aliphatic carbocycles. The Morgan fingerprint density at radius 1 is 1.21 bits per heavy atom. The zero-order valence-electron chi connectivity index (χ0n) is 18.3. The summed E-state index contributed by atoms with van der Waals surface area (Å²) in [6, 6.07) is 14.9. The quantitative estimate of drug-likeness (QED) is 0.225. The maximum Gasteiger partial charge on any atom is 0.341 e. The third kappa shape index (κ3) is 5.69. The average Bonchev–Trinajstić information content (AvgIpc) is 3.21. The highest BCUT2D eigenvalue weighted by Crippen LogP contribution is 2.36.